The number of benzene rings is 2. The monoisotopic (exact) mass is 351 g/mol. The lowest BCUT2D eigenvalue weighted by Crippen LogP contribution is -2.12. The van der Waals surface area contributed by atoms with E-state index in [2.05, 4.69) is 15.5 Å². The second-order valence-electron chi connectivity index (χ2n) is 6.09. The van der Waals surface area contributed by atoms with Gasteiger partial charge in [-0.1, -0.05) is 12.1 Å². The molecule has 0 aliphatic heterocycles. The van der Waals surface area contributed by atoms with E-state index < -0.39 is 0 Å². The highest BCUT2D eigenvalue weighted by Crippen LogP contribution is 2.21. The molecule has 26 heavy (non-hydrogen) atoms. The van der Waals surface area contributed by atoms with Gasteiger partial charge in [-0.15, -0.1) is 0 Å². The first-order valence-corrected chi connectivity index (χ1v) is 8.56. The Morgan fingerprint density at radius 1 is 1.12 bits per heavy atom. The molecule has 0 bridgehead atoms. The highest BCUT2D eigenvalue weighted by molar-refractivity contribution is 6.04. The van der Waals surface area contributed by atoms with E-state index in [4.69, 9.17) is 9.26 Å². The van der Waals surface area contributed by atoms with Crippen LogP contribution in [0.4, 0.5) is 5.69 Å². The number of nitrogens with one attached hydrogen (secondary N) is 1. The fraction of sp³-hybridized carbons (Fsp3) is 0.250. The van der Waals surface area contributed by atoms with Gasteiger partial charge in [-0.2, -0.15) is 4.98 Å². The van der Waals surface area contributed by atoms with Gasteiger partial charge in [0.15, 0.2) is 5.82 Å². The summed E-state index contributed by atoms with van der Waals surface area (Å²) in [6.45, 7) is 5.89. The number of ether oxygens (including phenoxy) is 1. The fourth-order valence-corrected chi connectivity index (χ4v) is 2.37. The Hall–Kier alpha value is -3.15. The molecule has 2 aromatic carbocycles. The van der Waals surface area contributed by atoms with Crippen molar-refractivity contribution in [3.05, 3.63) is 59.9 Å². The molecule has 3 aromatic rings. The highest BCUT2D eigenvalue weighted by Gasteiger charge is 2.10. The number of nitrogens with zero attached hydrogens (tertiary/aromatic N) is 2. The average molecular weight is 351 g/mol. The number of rotatable bonds is 6. The van der Waals surface area contributed by atoms with Gasteiger partial charge < -0.3 is 14.6 Å². The maximum Gasteiger partial charge on any atom is 0.257 e. The first-order valence-electron chi connectivity index (χ1n) is 8.56. The van der Waals surface area contributed by atoms with Crippen molar-refractivity contribution in [3.8, 4) is 17.2 Å². The van der Waals surface area contributed by atoms with Gasteiger partial charge in [0.05, 0.1) is 6.10 Å². The average Bonchev–Trinajstić information content (AvgIpc) is 3.11. The lowest BCUT2D eigenvalue weighted by atomic mass is 10.1. The van der Waals surface area contributed by atoms with Crippen molar-refractivity contribution in [2.45, 2.75) is 33.3 Å². The maximum absolute atomic E-state index is 12.4. The quantitative estimate of drug-likeness (QED) is 0.715. The van der Waals surface area contributed by atoms with Gasteiger partial charge in [-0.05, 0) is 62.4 Å². The van der Waals surface area contributed by atoms with E-state index >= 15 is 0 Å². The third-order valence-corrected chi connectivity index (χ3v) is 3.66. The molecule has 1 heterocycles. The van der Waals surface area contributed by atoms with E-state index in [1.54, 1.807) is 36.4 Å². The summed E-state index contributed by atoms with van der Waals surface area (Å²) in [7, 11) is 0. The number of hydrogen-bond donors (Lipinski definition) is 1. The second kappa shape index (κ2) is 7.82. The molecule has 0 saturated carbocycles. The molecule has 0 atom stereocenters. The predicted octanol–water partition coefficient (Wildman–Crippen LogP) is 4.34. The number of anilines is 1. The summed E-state index contributed by atoms with van der Waals surface area (Å²) in [4.78, 5) is 16.6. The summed E-state index contributed by atoms with van der Waals surface area (Å²) >= 11 is 0. The van der Waals surface area contributed by atoms with Crippen molar-refractivity contribution in [1.29, 1.82) is 0 Å². The van der Waals surface area contributed by atoms with Gasteiger partial charge in [0.25, 0.3) is 11.8 Å². The zero-order chi connectivity index (χ0) is 18.5. The molecule has 1 aromatic heterocycles. The van der Waals surface area contributed by atoms with Crippen LogP contribution in [0, 0.1) is 0 Å². The Morgan fingerprint density at radius 3 is 2.38 bits per heavy atom. The van der Waals surface area contributed by atoms with E-state index in [1.165, 1.54) is 0 Å². The smallest absolute Gasteiger partial charge is 0.257 e. The molecule has 0 aliphatic rings. The Labute approximate surface area is 152 Å². The van der Waals surface area contributed by atoms with Crippen LogP contribution in [0.15, 0.2) is 53.1 Å². The zero-order valence-corrected chi connectivity index (χ0v) is 15.0. The van der Waals surface area contributed by atoms with Crippen molar-refractivity contribution in [2.75, 3.05) is 5.32 Å². The van der Waals surface area contributed by atoms with Gasteiger partial charge in [-0.25, -0.2) is 0 Å². The van der Waals surface area contributed by atoms with E-state index in [-0.39, 0.29) is 12.0 Å². The van der Waals surface area contributed by atoms with E-state index in [9.17, 15) is 4.79 Å². The van der Waals surface area contributed by atoms with Crippen LogP contribution < -0.4 is 10.1 Å². The SMILES string of the molecule is CCc1noc(-c2ccc(NC(=O)c3ccc(OC(C)C)cc3)cc2)n1. The van der Waals surface area contributed by atoms with Gasteiger partial charge in [0, 0.05) is 23.2 Å². The molecule has 3 rings (SSSR count). The van der Waals surface area contributed by atoms with Crippen LogP contribution in [0.5, 0.6) is 5.75 Å². The van der Waals surface area contributed by atoms with Crippen LogP contribution in [-0.4, -0.2) is 22.2 Å². The van der Waals surface area contributed by atoms with Crippen molar-refractivity contribution in [3.63, 3.8) is 0 Å². The van der Waals surface area contributed by atoms with Crippen LogP contribution in [0.2, 0.25) is 0 Å². The van der Waals surface area contributed by atoms with Crippen molar-refractivity contribution in [1.82, 2.24) is 10.1 Å². The number of amides is 1. The minimum atomic E-state index is -0.181. The molecule has 0 unspecified atom stereocenters. The standard InChI is InChI=1S/C20H21N3O3/c1-4-18-22-20(26-23-18)15-5-9-16(10-6-15)21-19(24)14-7-11-17(12-8-14)25-13(2)3/h5-13H,4H2,1-3H3,(H,21,24). The number of hydrogen-bond acceptors (Lipinski definition) is 5. The van der Waals surface area contributed by atoms with Crippen molar-refractivity contribution >= 4 is 11.6 Å². The van der Waals surface area contributed by atoms with Crippen LogP contribution >= 0.6 is 0 Å². The largest absolute Gasteiger partial charge is 0.491 e. The third-order valence-electron chi connectivity index (χ3n) is 3.66. The Kier molecular flexibility index (Phi) is 5.31. The minimum absolute atomic E-state index is 0.0976. The zero-order valence-electron chi connectivity index (χ0n) is 15.0. The number of carbonyl (C=O) groups excluding carboxylic acids is 1. The molecule has 0 saturated heterocycles. The Bertz CT molecular complexity index is 868. The Balaban J connectivity index is 1.65. The fourth-order valence-electron chi connectivity index (χ4n) is 2.37. The Morgan fingerprint density at radius 2 is 1.81 bits per heavy atom. The molecular formula is C20H21N3O3. The number of aryl methyl sites for hydroxylation is 1. The van der Waals surface area contributed by atoms with Crippen molar-refractivity contribution < 1.29 is 14.1 Å². The van der Waals surface area contributed by atoms with Crippen LogP contribution in [-0.2, 0) is 6.42 Å². The summed E-state index contributed by atoms with van der Waals surface area (Å²) in [6.07, 6.45) is 0.819. The molecule has 0 fully saturated rings. The normalized spacial score (nSPS) is 10.8. The van der Waals surface area contributed by atoms with E-state index in [0.29, 0.717) is 23.0 Å². The van der Waals surface area contributed by atoms with Gasteiger partial charge in [0.1, 0.15) is 5.75 Å². The molecule has 6 heteroatoms. The second-order valence-corrected chi connectivity index (χ2v) is 6.09. The first kappa shape index (κ1) is 17.7. The van der Waals surface area contributed by atoms with Crippen LogP contribution in [0.25, 0.3) is 11.5 Å². The molecule has 1 N–H and O–H groups in total. The molecular weight excluding hydrogens is 330 g/mol. The van der Waals surface area contributed by atoms with Crippen molar-refractivity contribution in [2.24, 2.45) is 0 Å². The minimum Gasteiger partial charge on any atom is -0.491 e. The summed E-state index contributed by atoms with van der Waals surface area (Å²) in [6, 6.07) is 14.3. The molecule has 134 valence electrons. The molecule has 6 nitrogen and oxygen atoms in total. The molecule has 0 aliphatic carbocycles. The summed E-state index contributed by atoms with van der Waals surface area (Å²) in [5, 5.41) is 6.75. The van der Waals surface area contributed by atoms with Gasteiger partial charge in [0.2, 0.25) is 0 Å². The summed E-state index contributed by atoms with van der Waals surface area (Å²) in [5.74, 6) is 1.70. The van der Waals surface area contributed by atoms with E-state index in [1.807, 2.05) is 32.9 Å². The number of carbonyl (C=O) groups is 1. The maximum atomic E-state index is 12.4. The van der Waals surface area contributed by atoms with Gasteiger partial charge in [-0.3, -0.25) is 4.79 Å². The van der Waals surface area contributed by atoms with E-state index in [0.717, 1.165) is 17.7 Å². The topological polar surface area (TPSA) is 77.2 Å². The van der Waals surface area contributed by atoms with Crippen LogP contribution in [0.3, 0.4) is 0 Å². The molecule has 1 amide bonds. The lowest BCUT2D eigenvalue weighted by molar-refractivity contribution is 0.102. The predicted molar refractivity (Wildman–Crippen MR) is 99.3 cm³/mol. The summed E-state index contributed by atoms with van der Waals surface area (Å²) < 4.78 is 10.8. The van der Waals surface area contributed by atoms with Gasteiger partial charge >= 0.3 is 0 Å². The lowest BCUT2D eigenvalue weighted by Gasteiger charge is -2.10. The molecule has 0 radical (unpaired) electrons. The third kappa shape index (κ3) is 4.27. The highest BCUT2D eigenvalue weighted by atomic mass is 16.5. The number of aromatic nitrogens is 2. The first-order chi connectivity index (χ1) is 12.5. The summed E-state index contributed by atoms with van der Waals surface area (Å²) in [5.41, 5.74) is 2.07. The van der Waals surface area contributed by atoms with Crippen LogP contribution in [0.1, 0.15) is 37.0 Å². The molecule has 0 spiro atoms.